The Morgan fingerprint density at radius 3 is 2.56 bits per heavy atom. The number of benzene rings is 3. The Hall–Kier alpha value is -3.07. The highest BCUT2D eigenvalue weighted by Crippen LogP contribution is 2.63. The van der Waals surface area contributed by atoms with Crippen LogP contribution in [-0.4, -0.2) is 5.91 Å². The third-order valence-electron chi connectivity index (χ3n) is 8.67. The molecule has 2 N–H and O–H groups in total. The highest BCUT2D eigenvalue weighted by molar-refractivity contribution is 6.05. The van der Waals surface area contributed by atoms with Gasteiger partial charge in [0.05, 0.1) is 6.04 Å². The lowest BCUT2D eigenvalue weighted by Gasteiger charge is -2.43. The first-order chi connectivity index (χ1) is 16.5. The second-order valence-electron chi connectivity index (χ2n) is 10.9. The topological polar surface area (TPSA) is 41.1 Å². The van der Waals surface area contributed by atoms with E-state index in [-0.39, 0.29) is 5.91 Å². The van der Waals surface area contributed by atoms with Crippen molar-refractivity contribution in [3.8, 4) is 0 Å². The van der Waals surface area contributed by atoms with E-state index in [1.807, 2.05) is 6.07 Å². The minimum absolute atomic E-state index is 0.0103. The van der Waals surface area contributed by atoms with Gasteiger partial charge in [-0.2, -0.15) is 0 Å². The molecule has 2 fully saturated rings. The maximum Gasteiger partial charge on any atom is 0.255 e. The fraction of sp³-hybridized carbons (Fsp3) is 0.387. The largest absolute Gasteiger partial charge is 0.378 e. The van der Waals surface area contributed by atoms with Crippen LogP contribution in [0.4, 0.5) is 11.4 Å². The Morgan fingerprint density at radius 2 is 1.76 bits per heavy atom. The number of hydrogen-bond donors (Lipinski definition) is 2. The van der Waals surface area contributed by atoms with Gasteiger partial charge in [0.2, 0.25) is 0 Å². The van der Waals surface area contributed by atoms with Crippen LogP contribution in [0.2, 0.25) is 0 Å². The van der Waals surface area contributed by atoms with Crippen molar-refractivity contribution in [1.82, 2.24) is 0 Å². The van der Waals surface area contributed by atoms with Crippen molar-refractivity contribution in [2.45, 2.75) is 57.9 Å². The first-order valence-electron chi connectivity index (χ1n) is 12.9. The number of para-hydroxylation sites is 1. The van der Waals surface area contributed by atoms with Gasteiger partial charge in [-0.25, -0.2) is 0 Å². The molecule has 1 heterocycles. The lowest BCUT2D eigenvalue weighted by Crippen LogP contribution is -2.35. The fourth-order valence-electron chi connectivity index (χ4n) is 7.15. The molecule has 3 aromatic carbocycles. The minimum atomic E-state index is -0.0103. The van der Waals surface area contributed by atoms with E-state index in [9.17, 15) is 4.79 Å². The first kappa shape index (κ1) is 21.5. The van der Waals surface area contributed by atoms with Crippen LogP contribution < -0.4 is 10.6 Å². The van der Waals surface area contributed by atoms with Gasteiger partial charge in [0, 0.05) is 16.9 Å². The molecule has 3 aromatic rings. The molecule has 3 heteroatoms. The van der Waals surface area contributed by atoms with E-state index < -0.39 is 0 Å². The van der Waals surface area contributed by atoms with Gasteiger partial charge in [-0.3, -0.25) is 4.79 Å². The van der Waals surface area contributed by atoms with Gasteiger partial charge in [0.1, 0.15) is 0 Å². The van der Waals surface area contributed by atoms with Crippen LogP contribution in [0.15, 0.2) is 66.7 Å². The van der Waals surface area contributed by atoms with Crippen LogP contribution in [0.5, 0.6) is 0 Å². The summed E-state index contributed by atoms with van der Waals surface area (Å²) in [6.45, 7) is 6.42. The van der Waals surface area contributed by atoms with Gasteiger partial charge in [-0.15, -0.1) is 0 Å². The molecule has 0 unspecified atom stereocenters. The van der Waals surface area contributed by atoms with Crippen molar-refractivity contribution in [2.75, 3.05) is 10.6 Å². The molecular weight excluding hydrogens is 416 g/mol. The Balaban J connectivity index is 1.35. The Morgan fingerprint density at radius 1 is 0.971 bits per heavy atom. The summed E-state index contributed by atoms with van der Waals surface area (Å²) in [4.78, 5) is 13.4. The SMILES string of the molecule is Cc1cccc(C(C)C)c1NC(=O)c1ccc2c(c1)[C@@H]1[C@H]3CC[C@@H](C3)[C@H]1[C@@H](c1ccccc1)N2. The third-order valence-corrected chi connectivity index (χ3v) is 8.67. The average molecular weight is 451 g/mol. The molecule has 34 heavy (non-hydrogen) atoms. The zero-order valence-electron chi connectivity index (χ0n) is 20.3. The number of carbonyl (C=O) groups excluding carboxylic acids is 1. The molecule has 0 saturated heterocycles. The predicted octanol–water partition coefficient (Wildman–Crippen LogP) is 7.67. The van der Waals surface area contributed by atoms with Crippen molar-refractivity contribution in [3.63, 3.8) is 0 Å². The third kappa shape index (κ3) is 3.45. The highest BCUT2D eigenvalue weighted by atomic mass is 16.1. The van der Waals surface area contributed by atoms with Gasteiger partial charge >= 0.3 is 0 Å². The van der Waals surface area contributed by atoms with E-state index in [0.29, 0.717) is 23.8 Å². The van der Waals surface area contributed by atoms with Gasteiger partial charge in [-0.1, -0.05) is 62.4 Å². The molecule has 174 valence electrons. The van der Waals surface area contributed by atoms with Crippen LogP contribution >= 0.6 is 0 Å². The maximum atomic E-state index is 13.4. The Labute approximate surface area is 203 Å². The van der Waals surface area contributed by atoms with Crippen molar-refractivity contribution in [1.29, 1.82) is 0 Å². The molecule has 2 bridgehead atoms. The van der Waals surface area contributed by atoms with Crippen molar-refractivity contribution < 1.29 is 4.79 Å². The van der Waals surface area contributed by atoms with E-state index in [2.05, 4.69) is 92.1 Å². The quantitative estimate of drug-likeness (QED) is 0.428. The lowest BCUT2D eigenvalue weighted by molar-refractivity contribution is 0.102. The van der Waals surface area contributed by atoms with Crippen LogP contribution in [0, 0.1) is 24.7 Å². The standard InChI is InChI=1S/C31H34N2O/c1-18(2)24-11-7-8-19(3)29(24)33-31(34)23-14-15-26-25(17-23)27-21-12-13-22(16-21)28(27)30(32-26)20-9-5-4-6-10-20/h4-11,14-15,17-18,21-22,27-28,30,32H,12-13,16H2,1-3H3,(H,33,34)/t21-,22-,27-,28+,30+/m0/s1. The maximum absolute atomic E-state index is 13.4. The normalized spacial score (nSPS) is 26.6. The number of hydrogen-bond acceptors (Lipinski definition) is 2. The Bertz CT molecular complexity index is 1230. The van der Waals surface area contributed by atoms with Crippen LogP contribution in [0.1, 0.15) is 83.6 Å². The summed E-state index contributed by atoms with van der Waals surface area (Å²) in [5.41, 5.74) is 7.96. The summed E-state index contributed by atoms with van der Waals surface area (Å²) < 4.78 is 0. The summed E-state index contributed by atoms with van der Waals surface area (Å²) in [5, 5.41) is 7.14. The number of fused-ring (bicyclic) bond motifs is 7. The van der Waals surface area contributed by atoms with E-state index in [0.717, 1.165) is 28.7 Å². The Kier molecular flexibility index (Phi) is 5.24. The number of carbonyl (C=O) groups is 1. The zero-order valence-corrected chi connectivity index (χ0v) is 20.3. The molecule has 0 spiro atoms. The molecule has 2 aliphatic carbocycles. The second kappa shape index (κ2) is 8.30. The summed E-state index contributed by atoms with van der Waals surface area (Å²) in [5.74, 6) is 3.01. The minimum Gasteiger partial charge on any atom is -0.378 e. The van der Waals surface area contributed by atoms with E-state index in [1.165, 1.54) is 41.6 Å². The van der Waals surface area contributed by atoms with Crippen molar-refractivity contribution >= 4 is 17.3 Å². The van der Waals surface area contributed by atoms with Gasteiger partial charge < -0.3 is 10.6 Å². The molecule has 3 nitrogen and oxygen atoms in total. The molecular formula is C31H34N2O. The summed E-state index contributed by atoms with van der Waals surface area (Å²) in [6.07, 6.45) is 4.00. The van der Waals surface area contributed by atoms with Crippen LogP contribution in [0.3, 0.4) is 0 Å². The van der Waals surface area contributed by atoms with Gasteiger partial charge in [-0.05, 0) is 96.2 Å². The molecule has 2 saturated carbocycles. The number of rotatable bonds is 4. The van der Waals surface area contributed by atoms with Crippen molar-refractivity contribution in [2.24, 2.45) is 17.8 Å². The average Bonchev–Trinajstić information content (AvgIpc) is 3.48. The highest BCUT2D eigenvalue weighted by Gasteiger charge is 2.53. The summed E-state index contributed by atoms with van der Waals surface area (Å²) in [7, 11) is 0. The molecule has 0 radical (unpaired) electrons. The number of aryl methyl sites for hydroxylation is 1. The van der Waals surface area contributed by atoms with E-state index >= 15 is 0 Å². The van der Waals surface area contributed by atoms with Crippen molar-refractivity contribution in [3.05, 3.63) is 94.5 Å². The van der Waals surface area contributed by atoms with E-state index in [4.69, 9.17) is 0 Å². The molecule has 5 atom stereocenters. The van der Waals surface area contributed by atoms with E-state index in [1.54, 1.807) is 0 Å². The number of nitrogens with one attached hydrogen (secondary N) is 2. The smallest absolute Gasteiger partial charge is 0.255 e. The first-order valence-corrected chi connectivity index (χ1v) is 12.9. The van der Waals surface area contributed by atoms with Gasteiger partial charge in [0.25, 0.3) is 5.91 Å². The predicted molar refractivity (Wildman–Crippen MR) is 140 cm³/mol. The lowest BCUT2D eigenvalue weighted by atomic mass is 9.68. The zero-order chi connectivity index (χ0) is 23.4. The number of amides is 1. The number of anilines is 2. The summed E-state index contributed by atoms with van der Waals surface area (Å²) in [6, 6.07) is 23.9. The molecule has 3 aliphatic rings. The van der Waals surface area contributed by atoms with Crippen LogP contribution in [-0.2, 0) is 0 Å². The second-order valence-corrected chi connectivity index (χ2v) is 10.9. The molecule has 6 rings (SSSR count). The molecule has 1 amide bonds. The fourth-order valence-corrected chi connectivity index (χ4v) is 7.15. The molecule has 1 aliphatic heterocycles. The van der Waals surface area contributed by atoms with Gasteiger partial charge in [0.15, 0.2) is 0 Å². The van der Waals surface area contributed by atoms with Crippen LogP contribution in [0.25, 0.3) is 0 Å². The molecule has 0 aromatic heterocycles. The monoisotopic (exact) mass is 450 g/mol. The summed E-state index contributed by atoms with van der Waals surface area (Å²) >= 11 is 0.